The summed E-state index contributed by atoms with van der Waals surface area (Å²) < 4.78 is 5.64. The number of hydrogen-bond acceptors (Lipinski definition) is 3. The fourth-order valence-corrected chi connectivity index (χ4v) is 3.29. The number of nitrogens with one attached hydrogen (secondary N) is 1. The van der Waals surface area contributed by atoms with Crippen molar-refractivity contribution >= 4 is 22.6 Å². The Bertz CT molecular complexity index is 1160. The lowest BCUT2D eigenvalue weighted by atomic mass is 10.1. The summed E-state index contributed by atoms with van der Waals surface area (Å²) >= 11 is 0. The smallest absolute Gasteiger partial charge is 0.334 e. The van der Waals surface area contributed by atoms with E-state index in [-0.39, 0.29) is 5.91 Å². The van der Waals surface area contributed by atoms with E-state index in [1.54, 1.807) is 30.3 Å². The molecule has 0 aliphatic heterocycles. The number of esters is 1. The van der Waals surface area contributed by atoms with Crippen molar-refractivity contribution in [1.82, 2.24) is 5.32 Å². The molecular weight excluding hydrogens is 374 g/mol. The van der Waals surface area contributed by atoms with E-state index in [1.807, 2.05) is 72.8 Å². The molecular formula is C26H21NO3. The summed E-state index contributed by atoms with van der Waals surface area (Å²) in [6.07, 6.45) is 0.339. The SMILES string of the molecule is O=C(N[C@H](Cc1ccccc1)C(=O)Oc1ccc2ccccc2c1)c1ccccc1. The van der Waals surface area contributed by atoms with E-state index in [4.69, 9.17) is 4.74 Å². The Balaban J connectivity index is 1.55. The first-order chi connectivity index (χ1) is 14.7. The summed E-state index contributed by atoms with van der Waals surface area (Å²) in [5, 5.41) is 4.87. The Morgan fingerprint density at radius 2 is 1.37 bits per heavy atom. The van der Waals surface area contributed by atoms with Gasteiger partial charge in [-0.3, -0.25) is 4.79 Å². The minimum atomic E-state index is -0.813. The highest BCUT2D eigenvalue weighted by molar-refractivity contribution is 5.97. The van der Waals surface area contributed by atoms with Gasteiger partial charge >= 0.3 is 5.97 Å². The molecule has 4 nitrogen and oxygen atoms in total. The van der Waals surface area contributed by atoms with Crippen molar-refractivity contribution in [3.8, 4) is 5.75 Å². The molecule has 0 saturated carbocycles. The van der Waals surface area contributed by atoms with Gasteiger partial charge in [0.25, 0.3) is 5.91 Å². The number of hydrogen-bond donors (Lipinski definition) is 1. The molecule has 0 bridgehead atoms. The van der Waals surface area contributed by atoms with Gasteiger partial charge < -0.3 is 10.1 Å². The molecule has 0 spiro atoms. The van der Waals surface area contributed by atoms with Crippen LogP contribution in [-0.2, 0) is 11.2 Å². The second-order valence-corrected chi connectivity index (χ2v) is 7.01. The maximum Gasteiger partial charge on any atom is 0.334 e. The third-order valence-electron chi connectivity index (χ3n) is 4.85. The Labute approximate surface area is 175 Å². The largest absolute Gasteiger partial charge is 0.425 e. The van der Waals surface area contributed by atoms with Crippen LogP contribution in [0.1, 0.15) is 15.9 Å². The van der Waals surface area contributed by atoms with E-state index >= 15 is 0 Å². The quantitative estimate of drug-likeness (QED) is 0.377. The van der Waals surface area contributed by atoms with E-state index in [0.29, 0.717) is 17.7 Å². The van der Waals surface area contributed by atoms with Gasteiger partial charge in [-0.15, -0.1) is 0 Å². The highest BCUT2D eigenvalue weighted by atomic mass is 16.5. The van der Waals surface area contributed by atoms with Gasteiger partial charge in [0.1, 0.15) is 11.8 Å². The van der Waals surface area contributed by atoms with Gasteiger partial charge in [-0.1, -0.05) is 78.9 Å². The minimum absolute atomic E-state index is 0.313. The summed E-state index contributed by atoms with van der Waals surface area (Å²) in [6.45, 7) is 0. The Hall–Kier alpha value is -3.92. The summed E-state index contributed by atoms with van der Waals surface area (Å²) in [5.41, 5.74) is 1.43. The van der Waals surface area contributed by atoms with Crippen LogP contribution in [-0.4, -0.2) is 17.9 Å². The van der Waals surface area contributed by atoms with Crippen molar-refractivity contribution in [2.24, 2.45) is 0 Å². The number of carbonyl (C=O) groups excluding carboxylic acids is 2. The van der Waals surface area contributed by atoms with Crippen LogP contribution in [0.4, 0.5) is 0 Å². The summed E-state index contributed by atoms with van der Waals surface area (Å²) in [6, 6.07) is 30.9. The van der Waals surface area contributed by atoms with Crippen molar-refractivity contribution in [3.63, 3.8) is 0 Å². The summed E-state index contributed by atoms with van der Waals surface area (Å²) in [5.74, 6) is -0.365. The fraction of sp³-hybridized carbons (Fsp3) is 0.0769. The molecule has 1 atom stereocenters. The molecule has 0 aliphatic carbocycles. The van der Waals surface area contributed by atoms with Gasteiger partial charge in [0.15, 0.2) is 0 Å². The topological polar surface area (TPSA) is 55.4 Å². The van der Waals surface area contributed by atoms with Crippen LogP contribution in [0.5, 0.6) is 5.75 Å². The molecule has 0 heterocycles. The molecule has 0 aromatic heterocycles. The Morgan fingerprint density at radius 3 is 2.10 bits per heavy atom. The van der Waals surface area contributed by atoms with Crippen LogP contribution in [0.2, 0.25) is 0 Å². The molecule has 1 N–H and O–H groups in total. The van der Waals surface area contributed by atoms with Gasteiger partial charge in [-0.25, -0.2) is 4.79 Å². The molecule has 0 radical (unpaired) electrons. The van der Waals surface area contributed by atoms with Crippen LogP contribution in [0, 0.1) is 0 Å². The molecule has 4 aromatic rings. The van der Waals surface area contributed by atoms with Crippen LogP contribution in [0.25, 0.3) is 10.8 Å². The van der Waals surface area contributed by atoms with Crippen LogP contribution in [0.15, 0.2) is 103 Å². The predicted octanol–water partition coefficient (Wildman–Crippen LogP) is 4.79. The minimum Gasteiger partial charge on any atom is -0.425 e. The van der Waals surface area contributed by atoms with Gasteiger partial charge in [-0.2, -0.15) is 0 Å². The lowest BCUT2D eigenvalue weighted by Gasteiger charge is -2.18. The van der Waals surface area contributed by atoms with Crippen LogP contribution >= 0.6 is 0 Å². The van der Waals surface area contributed by atoms with Gasteiger partial charge in [0.05, 0.1) is 0 Å². The molecule has 30 heavy (non-hydrogen) atoms. The van der Waals surface area contributed by atoms with E-state index in [2.05, 4.69) is 5.32 Å². The first kappa shape index (κ1) is 19.4. The van der Waals surface area contributed by atoms with Crippen LogP contribution < -0.4 is 10.1 Å². The molecule has 1 amide bonds. The number of carbonyl (C=O) groups is 2. The molecule has 4 rings (SSSR count). The van der Waals surface area contributed by atoms with Crippen molar-refractivity contribution in [3.05, 3.63) is 114 Å². The van der Waals surface area contributed by atoms with Gasteiger partial charge in [0.2, 0.25) is 0 Å². The average molecular weight is 395 g/mol. The van der Waals surface area contributed by atoms with Crippen molar-refractivity contribution in [2.45, 2.75) is 12.5 Å². The second-order valence-electron chi connectivity index (χ2n) is 7.01. The Kier molecular flexibility index (Phi) is 5.85. The third kappa shape index (κ3) is 4.73. The lowest BCUT2D eigenvalue weighted by molar-refractivity contribution is -0.136. The van der Waals surface area contributed by atoms with Gasteiger partial charge in [0, 0.05) is 12.0 Å². The molecule has 4 heteroatoms. The first-order valence-electron chi connectivity index (χ1n) is 9.79. The summed E-state index contributed by atoms with van der Waals surface area (Å²) in [7, 11) is 0. The van der Waals surface area contributed by atoms with Crippen molar-refractivity contribution in [2.75, 3.05) is 0 Å². The molecule has 148 valence electrons. The molecule has 0 aliphatic rings. The van der Waals surface area contributed by atoms with E-state index in [1.165, 1.54) is 0 Å². The summed E-state index contributed by atoms with van der Waals surface area (Å²) in [4.78, 5) is 25.6. The lowest BCUT2D eigenvalue weighted by Crippen LogP contribution is -2.44. The molecule has 0 saturated heterocycles. The maximum atomic E-state index is 13.0. The highest BCUT2D eigenvalue weighted by Gasteiger charge is 2.24. The second kappa shape index (κ2) is 9.05. The monoisotopic (exact) mass is 395 g/mol. The molecule has 0 unspecified atom stereocenters. The van der Waals surface area contributed by atoms with E-state index in [9.17, 15) is 9.59 Å². The van der Waals surface area contributed by atoms with Crippen molar-refractivity contribution in [1.29, 1.82) is 0 Å². The number of ether oxygens (including phenoxy) is 1. The Morgan fingerprint density at radius 1 is 0.733 bits per heavy atom. The normalized spacial score (nSPS) is 11.6. The van der Waals surface area contributed by atoms with Crippen LogP contribution in [0.3, 0.4) is 0 Å². The van der Waals surface area contributed by atoms with E-state index < -0.39 is 12.0 Å². The number of rotatable bonds is 6. The van der Waals surface area contributed by atoms with E-state index in [0.717, 1.165) is 16.3 Å². The highest BCUT2D eigenvalue weighted by Crippen LogP contribution is 2.21. The predicted molar refractivity (Wildman–Crippen MR) is 117 cm³/mol. The average Bonchev–Trinajstić information content (AvgIpc) is 2.80. The first-order valence-corrected chi connectivity index (χ1v) is 9.79. The van der Waals surface area contributed by atoms with Gasteiger partial charge in [-0.05, 0) is 40.6 Å². The zero-order valence-corrected chi connectivity index (χ0v) is 16.3. The fourth-order valence-electron chi connectivity index (χ4n) is 3.29. The molecule has 0 fully saturated rings. The maximum absolute atomic E-state index is 13.0. The zero-order chi connectivity index (χ0) is 20.8. The standard InChI is InChI=1S/C26H21NO3/c28-25(21-12-5-2-6-13-21)27-24(17-19-9-3-1-4-10-19)26(29)30-23-16-15-20-11-7-8-14-22(20)18-23/h1-16,18,24H,17H2,(H,27,28)/t24-/m1/s1. The number of benzene rings is 4. The number of fused-ring (bicyclic) bond motifs is 1. The third-order valence-corrected chi connectivity index (χ3v) is 4.85. The van der Waals surface area contributed by atoms with Crippen molar-refractivity contribution < 1.29 is 14.3 Å². The zero-order valence-electron chi connectivity index (χ0n) is 16.3. The molecule has 4 aromatic carbocycles. The number of amides is 1.